The fourth-order valence-electron chi connectivity index (χ4n) is 6.31. The zero-order chi connectivity index (χ0) is 35.1. The van der Waals surface area contributed by atoms with E-state index >= 15 is 0 Å². The van der Waals surface area contributed by atoms with Crippen LogP contribution in [0.1, 0.15) is 46.3 Å². The van der Waals surface area contributed by atoms with Crippen LogP contribution in [-0.2, 0) is 43.4 Å². The Hall–Kier alpha value is -5.88. The molecule has 1 aromatic heterocycles. The first-order chi connectivity index (χ1) is 24.3. The van der Waals surface area contributed by atoms with Crippen molar-refractivity contribution in [3.05, 3.63) is 113 Å². The smallest absolute Gasteiger partial charge is 0.329 e. The largest absolute Gasteiger partial charge is 0.490 e. The van der Waals surface area contributed by atoms with Crippen LogP contribution in [0.15, 0.2) is 91.1 Å². The third kappa shape index (κ3) is 6.96. The number of ether oxygens (including phenoxy) is 2. The molecular weight excluding hydrogens is 638 g/mol. The lowest BCUT2D eigenvalue weighted by molar-refractivity contribution is -0.149. The van der Waals surface area contributed by atoms with E-state index in [2.05, 4.69) is 15.6 Å². The highest BCUT2D eigenvalue weighted by Gasteiger charge is 2.72. The number of pyridine rings is 1. The average Bonchev–Trinajstić information content (AvgIpc) is 3.81. The minimum Gasteiger partial charge on any atom is -0.490 e. The molecule has 2 aliphatic rings. The van der Waals surface area contributed by atoms with Gasteiger partial charge in [-0.05, 0) is 72.4 Å². The number of nitrogens with zero attached hydrogens (tertiary/aromatic N) is 2. The molecule has 2 amide bonds. The van der Waals surface area contributed by atoms with E-state index in [4.69, 9.17) is 15.2 Å². The lowest BCUT2D eigenvalue weighted by atomic mass is 9.85. The SMILES string of the molecule is Nc1ncccc1OCCCCc1ccc2c(c1)C(=O)NCC(=O)N2c1ccc(C[C@@]2(C(=O)OCc3ccccc3)NC2(C=O)CC=O)cc1. The van der Waals surface area contributed by atoms with E-state index in [0.717, 1.165) is 24.0 Å². The van der Waals surface area contributed by atoms with Crippen molar-refractivity contribution in [1.29, 1.82) is 0 Å². The number of nitrogens with one attached hydrogen (secondary N) is 2. The summed E-state index contributed by atoms with van der Waals surface area (Å²) in [6.07, 6.45) is 4.95. The second-order valence-electron chi connectivity index (χ2n) is 12.4. The maximum Gasteiger partial charge on any atom is 0.329 e. The minimum absolute atomic E-state index is 0.0131. The van der Waals surface area contributed by atoms with Crippen molar-refractivity contribution in [1.82, 2.24) is 15.6 Å². The number of nitrogens with two attached hydrogens (primary N) is 1. The monoisotopic (exact) mass is 675 g/mol. The summed E-state index contributed by atoms with van der Waals surface area (Å²) in [7, 11) is 0. The second-order valence-corrected chi connectivity index (χ2v) is 12.4. The molecule has 0 radical (unpaired) electrons. The molecule has 3 heterocycles. The van der Waals surface area contributed by atoms with Gasteiger partial charge in [-0.2, -0.15) is 0 Å². The number of carbonyl (C=O) groups is 5. The molecule has 1 unspecified atom stereocenters. The summed E-state index contributed by atoms with van der Waals surface area (Å²) in [4.78, 5) is 69.1. The quantitative estimate of drug-likeness (QED) is 0.0729. The van der Waals surface area contributed by atoms with Crippen LogP contribution in [0.2, 0.25) is 0 Å². The van der Waals surface area contributed by atoms with E-state index in [-0.39, 0.29) is 37.8 Å². The van der Waals surface area contributed by atoms with Crippen molar-refractivity contribution in [3.63, 3.8) is 0 Å². The first-order valence-corrected chi connectivity index (χ1v) is 16.4. The van der Waals surface area contributed by atoms with E-state index in [1.165, 1.54) is 4.90 Å². The number of hydrogen-bond acceptors (Lipinski definition) is 10. The summed E-state index contributed by atoms with van der Waals surface area (Å²) in [6.45, 7) is 0.297. The van der Waals surface area contributed by atoms with Gasteiger partial charge in [-0.1, -0.05) is 48.5 Å². The predicted molar refractivity (Wildman–Crippen MR) is 185 cm³/mol. The summed E-state index contributed by atoms with van der Waals surface area (Å²) >= 11 is 0. The van der Waals surface area contributed by atoms with E-state index in [1.807, 2.05) is 36.4 Å². The highest BCUT2D eigenvalue weighted by Crippen LogP contribution is 2.44. The number of unbranched alkanes of at least 4 members (excludes halogenated alkanes) is 1. The van der Waals surface area contributed by atoms with Crippen molar-refractivity contribution in [2.75, 3.05) is 23.8 Å². The Bertz CT molecular complexity index is 1900. The van der Waals surface area contributed by atoms with Gasteiger partial charge in [0.25, 0.3) is 11.8 Å². The number of benzene rings is 3. The standard InChI is InChI=1S/C38H37N5O7/c39-34-32(10-6-18-40-34)49-20-5-4-7-26-13-16-31-30(21-26)35(47)41-23-33(46)43(31)29-14-11-27(12-15-29)22-38(37(25-45,42-38)17-19-44)36(48)50-24-28-8-2-1-3-9-28/h1-3,6,8-16,18-19,21,25,42H,4-5,7,17,20,22-24H2,(H2,39,40)(H,41,47)/t37?,38-/m0/s1. The molecule has 2 atom stereocenters. The highest BCUT2D eigenvalue weighted by atomic mass is 16.5. The van der Waals surface area contributed by atoms with Crippen LogP contribution in [0, 0.1) is 0 Å². The molecule has 4 aromatic rings. The van der Waals surface area contributed by atoms with Crippen molar-refractivity contribution in [2.45, 2.75) is 49.8 Å². The lowest BCUT2D eigenvalue weighted by Gasteiger charge is -2.23. The van der Waals surface area contributed by atoms with Gasteiger partial charge in [0.05, 0.1) is 24.4 Å². The number of nitrogen functional groups attached to an aromatic ring is 1. The van der Waals surface area contributed by atoms with E-state index in [0.29, 0.717) is 59.7 Å². The molecule has 2 aliphatic heterocycles. The number of esters is 1. The maximum absolute atomic E-state index is 13.5. The van der Waals surface area contributed by atoms with Crippen LogP contribution in [0.4, 0.5) is 17.2 Å². The summed E-state index contributed by atoms with van der Waals surface area (Å²) in [5.41, 5.74) is 6.78. The summed E-state index contributed by atoms with van der Waals surface area (Å²) < 4.78 is 11.3. The number of carbonyl (C=O) groups excluding carboxylic acids is 5. The number of hydrogen-bond donors (Lipinski definition) is 3. The highest BCUT2D eigenvalue weighted by molar-refractivity contribution is 6.13. The molecule has 0 spiro atoms. The van der Waals surface area contributed by atoms with Gasteiger partial charge in [0, 0.05) is 24.7 Å². The van der Waals surface area contributed by atoms with E-state index in [1.54, 1.807) is 54.7 Å². The predicted octanol–water partition coefficient (Wildman–Crippen LogP) is 3.63. The Kier molecular flexibility index (Phi) is 10.0. The number of anilines is 3. The van der Waals surface area contributed by atoms with Gasteiger partial charge >= 0.3 is 5.97 Å². The van der Waals surface area contributed by atoms with Gasteiger partial charge in [-0.15, -0.1) is 0 Å². The second kappa shape index (κ2) is 14.7. The van der Waals surface area contributed by atoms with Crippen molar-refractivity contribution >= 4 is 47.5 Å². The van der Waals surface area contributed by atoms with E-state index in [9.17, 15) is 24.0 Å². The molecule has 4 N–H and O–H groups in total. The van der Waals surface area contributed by atoms with Gasteiger partial charge in [0.2, 0.25) is 0 Å². The molecule has 0 aliphatic carbocycles. The molecule has 50 heavy (non-hydrogen) atoms. The fraction of sp³-hybridized carbons (Fsp3) is 0.263. The van der Waals surface area contributed by atoms with Crippen LogP contribution in [0.5, 0.6) is 5.75 Å². The summed E-state index contributed by atoms with van der Waals surface area (Å²) in [6, 6.07) is 25.1. The molecule has 256 valence electrons. The average molecular weight is 676 g/mol. The van der Waals surface area contributed by atoms with Gasteiger partial charge in [0.15, 0.2) is 11.6 Å². The van der Waals surface area contributed by atoms with Crippen LogP contribution >= 0.6 is 0 Å². The molecule has 1 fully saturated rings. The third-order valence-electron chi connectivity index (χ3n) is 9.08. The van der Waals surface area contributed by atoms with Crippen LogP contribution in [-0.4, -0.2) is 59.6 Å². The molecule has 12 heteroatoms. The minimum atomic E-state index is -1.43. The number of rotatable bonds is 15. The Labute approximate surface area is 289 Å². The Morgan fingerprint density at radius 1 is 0.940 bits per heavy atom. The molecule has 6 rings (SSSR count). The number of amides is 2. The molecule has 3 aromatic carbocycles. The summed E-state index contributed by atoms with van der Waals surface area (Å²) in [5.74, 6) is -0.414. The zero-order valence-corrected chi connectivity index (χ0v) is 27.3. The number of aryl methyl sites for hydroxylation is 1. The Morgan fingerprint density at radius 3 is 2.46 bits per heavy atom. The van der Waals surface area contributed by atoms with Gasteiger partial charge in [0.1, 0.15) is 30.3 Å². The molecule has 1 saturated heterocycles. The van der Waals surface area contributed by atoms with Gasteiger partial charge < -0.3 is 30.1 Å². The van der Waals surface area contributed by atoms with E-state index < -0.39 is 17.0 Å². The molecule has 0 bridgehead atoms. The normalized spacial score (nSPS) is 19.5. The third-order valence-corrected chi connectivity index (χ3v) is 9.08. The van der Waals surface area contributed by atoms with Crippen molar-refractivity contribution < 1.29 is 33.4 Å². The molecular formula is C38H37N5O7. The van der Waals surface area contributed by atoms with Crippen LogP contribution in [0.25, 0.3) is 0 Å². The van der Waals surface area contributed by atoms with Gasteiger partial charge in [-0.3, -0.25) is 19.8 Å². The number of aldehydes is 2. The Balaban J connectivity index is 1.16. The number of aromatic nitrogens is 1. The Morgan fingerprint density at radius 2 is 1.72 bits per heavy atom. The number of fused-ring (bicyclic) bond motifs is 1. The zero-order valence-electron chi connectivity index (χ0n) is 27.3. The van der Waals surface area contributed by atoms with Crippen molar-refractivity contribution in [2.24, 2.45) is 0 Å². The topological polar surface area (TPSA) is 180 Å². The molecule has 0 saturated carbocycles. The van der Waals surface area contributed by atoms with Crippen LogP contribution in [0.3, 0.4) is 0 Å². The van der Waals surface area contributed by atoms with Crippen LogP contribution < -0.4 is 26.0 Å². The van der Waals surface area contributed by atoms with Gasteiger partial charge in [-0.25, -0.2) is 9.78 Å². The molecule has 12 nitrogen and oxygen atoms in total. The van der Waals surface area contributed by atoms with Crippen molar-refractivity contribution in [3.8, 4) is 5.75 Å². The summed E-state index contributed by atoms with van der Waals surface area (Å²) in [5, 5.41) is 5.68. The maximum atomic E-state index is 13.5. The first-order valence-electron chi connectivity index (χ1n) is 16.4. The lowest BCUT2D eigenvalue weighted by Crippen LogP contribution is -2.39. The first kappa shape index (κ1) is 34.0. The fourth-order valence-corrected chi connectivity index (χ4v) is 6.31.